The Kier molecular flexibility index (Phi) is 7.11. The molecule has 4 rings (SSSR count). The number of benzene rings is 3. The number of nitrogens with one attached hydrogen (secondary N) is 2. The molecule has 0 atom stereocenters. The van der Waals surface area contributed by atoms with Crippen LogP contribution in [-0.2, 0) is 14.8 Å². The lowest BCUT2D eigenvalue weighted by molar-refractivity contribution is -0.116. The van der Waals surface area contributed by atoms with E-state index in [0.29, 0.717) is 23.7 Å². The molecular formula is C26H28N2O4S. The number of ether oxygens (including phenoxy) is 1. The molecule has 3 aromatic rings. The van der Waals surface area contributed by atoms with E-state index in [0.717, 1.165) is 36.8 Å². The summed E-state index contributed by atoms with van der Waals surface area (Å²) in [5.41, 5.74) is 2.11. The van der Waals surface area contributed by atoms with Gasteiger partial charge in [-0.25, -0.2) is 13.1 Å². The topological polar surface area (TPSA) is 84.5 Å². The number of carbonyl (C=O) groups is 1. The van der Waals surface area contributed by atoms with E-state index in [1.165, 1.54) is 12.1 Å². The minimum Gasteiger partial charge on any atom is -0.457 e. The summed E-state index contributed by atoms with van der Waals surface area (Å²) in [4.78, 5) is 13.5. The summed E-state index contributed by atoms with van der Waals surface area (Å²) in [5, 5.41) is 2.93. The number of fused-ring (bicyclic) bond motifs is 2. The highest BCUT2D eigenvalue weighted by molar-refractivity contribution is 7.89. The highest BCUT2D eigenvalue weighted by Gasteiger charge is 2.32. The van der Waals surface area contributed by atoms with Crippen molar-refractivity contribution in [2.45, 2.75) is 43.4 Å². The highest BCUT2D eigenvalue weighted by Crippen LogP contribution is 2.44. The van der Waals surface area contributed by atoms with Crippen molar-refractivity contribution in [3.8, 4) is 11.5 Å². The van der Waals surface area contributed by atoms with E-state index in [4.69, 9.17) is 4.74 Å². The van der Waals surface area contributed by atoms with Crippen LogP contribution in [0, 0.1) is 0 Å². The molecule has 0 fully saturated rings. The van der Waals surface area contributed by atoms with Crippen LogP contribution in [0.1, 0.15) is 49.7 Å². The molecule has 0 spiro atoms. The maximum Gasteiger partial charge on any atom is 0.240 e. The van der Waals surface area contributed by atoms with Gasteiger partial charge in [0.15, 0.2) is 0 Å². The molecular weight excluding hydrogens is 436 g/mol. The van der Waals surface area contributed by atoms with Crippen LogP contribution >= 0.6 is 0 Å². The summed E-state index contributed by atoms with van der Waals surface area (Å²) in [7, 11) is -3.57. The molecule has 0 aliphatic carbocycles. The van der Waals surface area contributed by atoms with Gasteiger partial charge in [-0.3, -0.25) is 4.79 Å². The third-order valence-corrected chi connectivity index (χ3v) is 7.17. The molecule has 1 amide bonds. The molecule has 1 heterocycles. The van der Waals surface area contributed by atoms with Gasteiger partial charge in [-0.1, -0.05) is 62.6 Å². The Morgan fingerprint density at radius 1 is 0.848 bits per heavy atom. The summed E-state index contributed by atoms with van der Waals surface area (Å²) in [6.45, 7) is 2.54. The Morgan fingerprint density at radius 2 is 1.45 bits per heavy atom. The predicted octanol–water partition coefficient (Wildman–Crippen LogP) is 5.42. The minimum absolute atomic E-state index is 0.178. The van der Waals surface area contributed by atoms with Crippen molar-refractivity contribution >= 4 is 21.6 Å². The predicted molar refractivity (Wildman–Crippen MR) is 129 cm³/mol. The van der Waals surface area contributed by atoms with E-state index in [-0.39, 0.29) is 10.8 Å². The molecule has 0 unspecified atom stereocenters. The van der Waals surface area contributed by atoms with Gasteiger partial charge in [0.05, 0.1) is 10.8 Å². The van der Waals surface area contributed by atoms with Crippen molar-refractivity contribution in [3.05, 3.63) is 83.9 Å². The maximum absolute atomic E-state index is 13.3. The molecule has 0 saturated carbocycles. The average Bonchev–Trinajstić information content (AvgIpc) is 2.82. The van der Waals surface area contributed by atoms with Crippen molar-refractivity contribution in [2.75, 3.05) is 11.9 Å². The number of hydrogen-bond acceptors (Lipinski definition) is 4. The molecule has 1 aliphatic rings. The largest absolute Gasteiger partial charge is 0.457 e. The quantitative estimate of drug-likeness (QED) is 0.414. The van der Waals surface area contributed by atoms with Gasteiger partial charge in [-0.05, 0) is 42.8 Å². The zero-order chi connectivity index (χ0) is 23.3. The van der Waals surface area contributed by atoms with Crippen LogP contribution in [0.15, 0.2) is 77.7 Å². The van der Waals surface area contributed by atoms with E-state index in [1.54, 1.807) is 12.1 Å². The molecule has 7 heteroatoms. The molecule has 1 aliphatic heterocycles. The van der Waals surface area contributed by atoms with Crippen LogP contribution < -0.4 is 14.8 Å². The first-order valence-corrected chi connectivity index (χ1v) is 12.7. The Hall–Kier alpha value is -3.16. The summed E-state index contributed by atoms with van der Waals surface area (Å²) < 4.78 is 33.6. The molecule has 0 aromatic heterocycles. The first kappa shape index (κ1) is 23.0. The third-order valence-electron chi connectivity index (χ3n) is 5.70. The number of amides is 1. The number of unbranched alkanes of at least 4 members (excludes halogenated alkanes) is 3. The van der Waals surface area contributed by atoms with E-state index in [2.05, 4.69) is 17.0 Å². The van der Waals surface area contributed by atoms with Gasteiger partial charge >= 0.3 is 0 Å². The Labute approximate surface area is 195 Å². The van der Waals surface area contributed by atoms with Crippen LogP contribution in [0.25, 0.3) is 0 Å². The highest BCUT2D eigenvalue weighted by atomic mass is 32.2. The summed E-state index contributed by atoms with van der Waals surface area (Å²) >= 11 is 0. The van der Waals surface area contributed by atoms with Crippen LogP contribution in [0.5, 0.6) is 11.5 Å². The monoisotopic (exact) mass is 464 g/mol. The van der Waals surface area contributed by atoms with Gasteiger partial charge in [0.25, 0.3) is 0 Å². The number of anilines is 1. The summed E-state index contributed by atoms with van der Waals surface area (Å²) in [6.07, 6.45) is 4.01. The minimum atomic E-state index is -3.57. The lowest BCUT2D eigenvalue weighted by Crippen LogP contribution is -2.25. The van der Waals surface area contributed by atoms with Gasteiger partial charge in [0.1, 0.15) is 11.5 Å². The van der Waals surface area contributed by atoms with Gasteiger partial charge in [-0.15, -0.1) is 0 Å². The Bertz CT molecular complexity index is 1180. The first-order valence-electron chi connectivity index (χ1n) is 11.3. The van der Waals surface area contributed by atoms with E-state index < -0.39 is 15.9 Å². The summed E-state index contributed by atoms with van der Waals surface area (Å²) in [6, 6.07) is 21.2. The second kappa shape index (κ2) is 10.2. The average molecular weight is 465 g/mol. The number of hydrogen-bond donors (Lipinski definition) is 2. The molecule has 172 valence electrons. The standard InChI is InChI=1S/C26H28N2O4S/c1-2-3-4-9-18-27-33(30,31)20-16-14-19(15-17-20)28-26(29)25-21-10-5-7-12-23(21)32-24-13-8-6-11-22(24)25/h5-8,10-17,25,27H,2-4,9,18H2,1H3,(H,28,29). The van der Waals surface area contributed by atoms with Crippen LogP contribution in [0.2, 0.25) is 0 Å². The van der Waals surface area contributed by atoms with Crippen LogP contribution in [0.3, 0.4) is 0 Å². The van der Waals surface area contributed by atoms with Gasteiger partial charge in [-0.2, -0.15) is 0 Å². The Morgan fingerprint density at radius 3 is 2.06 bits per heavy atom. The lowest BCUT2D eigenvalue weighted by Gasteiger charge is -2.27. The van der Waals surface area contributed by atoms with E-state index in [9.17, 15) is 13.2 Å². The maximum atomic E-state index is 13.3. The van der Waals surface area contributed by atoms with Crippen molar-refractivity contribution in [1.29, 1.82) is 0 Å². The first-order chi connectivity index (χ1) is 16.0. The number of rotatable bonds is 9. The molecule has 33 heavy (non-hydrogen) atoms. The number of para-hydroxylation sites is 2. The molecule has 6 nitrogen and oxygen atoms in total. The third kappa shape index (κ3) is 5.26. The van der Waals surface area contributed by atoms with Crippen molar-refractivity contribution < 1.29 is 17.9 Å². The van der Waals surface area contributed by atoms with Crippen molar-refractivity contribution in [3.63, 3.8) is 0 Å². The number of carbonyl (C=O) groups excluding carboxylic acids is 1. The molecule has 2 N–H and O–H groups in total. The smallest absolute Gasteiger partial charge is 0.240 e. The number of sulfonamides is 1. The molecule has 0 radical (unpaired) electrons. The SMILES string of the molecule is CCCCCCNS(=O)(=O)c1ccc(NC(=O)C2c3ccccc3Oc3ccccc32)cc1. The van der Waals surface area contributed by atoms with Crippen LogP contribution in [0.4, 0.5) is 5.69 Å². The van der Waals surface area contributed by atoms with Crippen LogP contribution in [-0.4, -0.2) is 20.9 Å². The second-order valence-corrected chi connectivity index (χ2v) is 9.85. The Balaban J connectivity index is 1.48. The van der Waals surface area contributed by atoms with Gasteiger partial charge < -0.3 is 10.1 Å². The lowest BCUT2D eigenvalue weighted by atomic mass is 9.87. The molecule has 0 bridgehead atoms. The van der Waals surface area contributed by atoms with Gasteiger partial charge in [0, 0.05) is 23.4 Å². The fourth-order valence-corrected chi connectivity index (χ4v) is 5.04. The van der Waals surface area contributed by atoms with Crippen molar-refractivity contribution in [2.24, 2.45) is 0 Å². The second-order valence-electron chi connectivity index (χ2n) is 8.08. The summed E-state index contributed by atoms with van der Waals surface area (Å²) in [5.74, 6) is 0.577. The van der Waals surface area contributed by atoms with E-state index >= 15 is 0 Å². The van der Waals surface area contributed by atoms with Crippen molar-refractivity contribution in [1.82, 2.24) is 4.72 Å². The fraction of sp³-hybridized carbons (Fsp3) is 0.269. The zero-order valence-corrected chi connectivity index (χ0v) is 19.4. The molecule has 3 aromatic carbocycles. The normalized spacial score (nSPS) is 13.0. The zero-order valence-electron chi connectivity index (χ0n) is 18.6. The van der Waals surface area contributed by atoms with E-state index in [1.807, 2.05) is 48.5 Å². The van der Waals surface area contributed by atoms with Gasteiger partial charge in [0.2, 0.25) is 15.9 Å². The molecule has 0 saturated heterocycles. The fourth-order valence-electron chi connectivity index (χ4n) is 3.97.